The predicted octanol–water partition coefficient (Wildman–Crippen LogP) is 4.96. The van der Waals surface area contributed by atoms with Crippen molar-refractivity contribution in [1.29, 1.82) is 0 Å². The second kappa shape index (κ2) is 11.5. The minimum Gasteiger partial charge on any atom is -0.439 e. The van der Waals surface area contributed by atoms with Gasteiger partial charge in [-0.15, -0.1) is 6.58 Å². The molecule has 1 N–H and O–H groups in total. The van der Waals surface area contributed by atoms with Crippen LogP contribution in [-0.2, 0) is 18.3 Å². The molecule has 1 fully saturated rings. The number of aryl methyl sites for hydroxylation is 2. The molecule has 0 saturated heterocycles. The molecule has 1 atom stereocenters. The molecule has 3 aromatic rings. The van der Waals surface area contributed by atoms with Crippen LogP contribution >= 0.6 is 0 Å². The number of aromatic nitrogens is 2. The SMILES string of the molecule is C=CCOC[C@H](O)CN(Cc1c(-c2ccccc2)nn(C)c1Oc1ccc(C)cc1)CC1CC1. The Morgan fingerprint density at radius 2 is 1.91 bits per heavy atom. The van der Waals surface area contributed by atoms with Crippen LogP contribution < -0.4 is 4.74 Å². The first-order chi connectivity index (χ1) is 16.5. The van der Waals surface area contributed by atoms with Gasteiger partial charge in [0.1, 0.15) is 11.4 Å². The average molecular weight is 462 g/mol. The molecule has 1 saturated carbocycles. The van der Waals surface area contributed by atoms with Gasteiger partial charge in [-0.1, -0.05) is 54.1 Å². The van der Waals surface area contributed by atoms with Gasteiger partial charge in [-0.05, 0) is 37.8 Å². The number of rotatable bonds is 13. The fourth-order valence-corrected chi connectivity index (χ4v) is 4.10. The third-order valence-electron chi connectivity index (χ3n) is 5.98. The Morgan fingerprint density at radius 1 is 1.18 bits per heavy atom. The molecule has 0 radical (unpaired) electrons. The second-order valence-electron chi connectivity index (χ2n) is 9.15. The lowest BCUT2D eigenvalue weighted by molar-refractivity contribution is 0.0235. The summed E-state index contributed by atoms with van der Waals surface area (Å²) in [7, 11) is 1.92. The zero-order valence-corrected chi connectivity index (χ0v) is 20.2. The number of aliphatic hydroxyl groups excluding tert-OH is 1. The molecule has 0 unspecified atom stereocenters. The normalized spacial score (nSPS) is 14.4. The van der Waals surface area contributed by atoms with E-state index in [1.165, 1.54) is 18.4 Å². The third kappa shape index (κ3) is 6.56. The molecular weight excluding hydrogens is 426 g/mol. The summed E-state index contributed by atoms with van der Waals surface area (Å²) in [6.45, 7) is 8.56. The van der Waals surface area contributed by atoms with Gasteiger partial charge in [-0.25, -0.2) is 4.68 Å². The lowest BCUT2D eigenvalue weighted by Crippen LogP contribution is -2.36. The topological polar surface area (TPSA) is 59.8 Å². The first-order valence-corrected chi connectivity index (χ1v) is 12.0. The fraction of sp³-hybridized carbons (Fsp3) is 0.393. The first kappa shape index (κ1) is 24.2. The molecule has 0 amide bonds. The van der Waals surface area contributed by atoms with Crippen LogP contribution in [0.15, 0.2) is 67.3 Å². The summed E-state index contributed by atoms with van der Waals surface area (Å²) < 4.78 is 13.7. The molecule has 180 valence electrons. The van der Waals surface area contributed by atoms with E-state index in [4.69, 9.17) is 14.6 Å². The molecule has 6 heteroatoms. The van der Waals surface area contributed by atoms with Gasteiger partial charge in [0.15, 0.2) is 0 Å². The Kier molecular flexibility index (Phi) is 8.16. The maximum atomic E-state index is 10.6. The monoisotopic (exact) mass is 461 g/mol. The molecule has 1 aliphatic rings. The molecule has 0 spiro atoms. The molecule has 4 rings (SSSR count). The number of benzene rings is 2. The van der Waals surface area contributed by atoms with Crippen molar-refractivity contribution in [1.82, 2.24) is 14.7 Å². The van der Waals surface area contributed by atoms with Crippen LogP contribution in [0.2, 0.25) is 0 Å². The van der Waals surface area contributed by atoms with Crippen LogP contribution in [0.3, 0.4) is 0 Å². The van der Waals surface area contributed by atoms with Gasteiger partial charge < -0.3 is 14.6 Å². The lowest BCUT2D eigenvalue weighted by atomic mass is 10.1. The second-order valence-corrected chi connectivity index (χ2v) is 9.15. The van der Waals surface area contributed by atoms with E-state index < -0.39 is 6.10 Å². The van der Waals surface area contributed by atoms with Gasteiger partial charge in [0.25, 0.3) is 0 Å². The molecule has 1 aliphatic carbocycles. The third-order valence-corrected chi connectivity index (χ3v) is 5.98. The summed E-state index contributed by atoms with van der Waals surface area (Å²) in [5, 5.41) is 15.5. The predicted molar refractivity (Wildman–Crippen MR) is 135 cm³/mol. The Balaban J connectivity index is 1.63. The number of hydrogen-bond acceptors (Lipinski definition) is 5. The first-order valence-electron chi connectivity index (χ1n) is 12.0. The number of aliphatic hydroxyl groups is 1. The van der Waals surface area contributed by atoms with E-state index in [9.17, 15) is 5.11 Å². The molecule has 6 nitrogen and oxygen atoms in total. The van der Waals surface area contributed by atoms with Crippen molar-refractivity contribution in [2.75, 3.05) is 26.3 Å². The molecular formula is C28H35N3O3. The van der Waals surface area contributed by atoms with E-state index >= 15 is 0 Å². The van der Waals surface area contributed by atoms with Gasteiger partial charge >= 0.3 is 0 Å². The minimum absolute atomic E-state index is 0.290. The minimum atomic E-state index is -0.572. The fourth-order valence-electron chi connectivity index (χ4n) is 4.10. The molecule has 34 heavy (non-hydrogen) atoms. The van der Waals surface area contributed by atoms with Crippen LogP contribution in [0.4, 0.5) is 0 Å². The van der Waals surface area contributed by atoms with E-state index in [2.05, 4.69) is 30.5 Å². The quantitative estimate of drug-likeness (QED) is 0.288. The van der Waals surface area contributed by atoms with Crippen LogP contribution in [0.25, 0.3) is 11.3 Å². The van der Waals surface area contributed by atoms with E-state index in [1.54, 1.807) is 6.08 Å². The highest BCUT2D eigenvalue weighted by atomic mass is 16.5. The van der Waals surface area contributed by atoms with Crippen molar-refractivity contribution in [3.05, 3.63) is 78.4 Å². The van der Waals surface area contributed by atoms with Crippen LogP contribution in [0, 0.1) is 12.8 Å². The Bertz CT molecular complexity index is 1060. The maximum Gasteiger partial charge on any atom is 0.222 e. The van der Waals surface area contributed by atoms with Gasteiger partial charge in [0.2, 0.25) is 5.88 Å². The molecule has 2 aromatic carbocycles. The summed E-state index contributed by atoms with van der Waals surface area (Å²) >= 11 is 0. The highest BCUT2D eigenvalue weighted by Crippen LogP contribution is 2.36. The number of nitrogens with zero attached hydrogens (tertiary/aromatic N) is 3. The van der Waals surface area contributed by atoms with Crippen molar-refractivity contribution in [3.63, 3.8) is 0 Å². The smallest absolute Gasteiger partial charge is 0.222 e. The summed E-state index contributed by atoms with van der Waals surface area (Å²) in [4.78, 5) is 2.31. The van der Waals surface area contributed by atoms with E-state index in [-0.39, 0.29) is 0 Å². The van der Waals surface area contributed by atoms with Crippen molar-refractivity contribution >= 4 is 0 Å². The maximum absolute atomic E-state index is 10.6. The largest absolute Gasteiger partial charge is 0.439 e. The Hall–Kier alpha value is -2.93. The van der Waals surface area contributed by atoms with Gasteiger partial charge in [0, 0.05) is 32.2 Å². The van der Waals surface area contributed by atoms with Gasteiger partial charge in [-0.3, -0.25) is 4.90 Å². The molecule has 1 aromatic heterocycles. The zero-order valence-electron chi connectivity index (χ0n) is 20.2. The van der Waals surface area contributed by atoms with Gasteiger partial charge in [0.05, 0.1) is 24.9 Å². The van der Waals surface area contributed by atoms with E-state index in [0.29, 0.717) is 32.2 Å². The lowest BCUT2D eigenvalue weighted by Gasteiger charge is -2.25. The summed E-state index contributed by atoms with van der Waals surface area (Å²) in [5.41, 5.74) is 4.16. The van der Waals surface area contributed by atoms with Crippen molar-refractivity contribution < 1.29 is 14.6 Å². The molecule has 0 bridgehead atoms. The van der Waals surface area contributed by atoms with E-state index in [1.807, 2.05) is 54.2 Å². The summed E-state index contributed by atoms with van der Waals surface area (Å²) in [6, 6.07) is 18.3. The molecule has 1 heterocycles. The van der Waals surface area contributed by atoms with E-state index in [0.717, 1.165) is 35.0 Å². The van der Waals surface area contributed by atoms with Crippen molar-refractivity contribution in [3.8, 4) is 22.9 Å². The van der Waals surface area contributed by atoms with Gasteiger partial charge in [-0.2, -0.15) is 5.10 Å². The van der Waals surface area contributed by atoms with Crippen LogP contribution in [0.1, 0.15) is 24.0 Å². The summed E-state index contributed by atoms with van der Waals surface area (Å²) in [5.74, 6) is 2.18. The van der Waals surface area contributed by atoms with Crippen LogP contribution in [0.5, 0.6) is 11.6 Å². The Labute approximate surface area is 202 Å². The number of hydrogen-bond donors (Lipinski definition) is 1. The van der Waals surface area contributed by atoms with Crippen LogP contribution in [-0.4, -0.2) is 52.2 Å². The average Bonchev–Trinajstić information content (AvgIpc) is 3.60. The van der Waals surface area contributed by atoms with Crippen molar-refractivity contribution in [2.45, 2.75) is 32.4 Å². The Morgan fingerprint density at radius 3 is 2.59 bits per heavy atom. The molecule has 0 aliphatic heterocycles. The summed E-state index contributed by atoms with van der Waals surface area (Å²) in [6.07, 6.45) is 3.61. The highest BCUT2D eigenvalue weighted by Gasteiger charge is 2.28. The van der Waals surface area contributed by atoms with Crippen molar-refractivity contribution in [2.24, 2.45) is 13.0 Å². The standard InChI is InChI=1S/C28H35N3O3/c1-4-16-33-20-24(32)18-31(17-22-12-13-22)19-26-27(23-8-6-5-7-9-23)29-30(3)28(26)34-25-14-10-21(2)11-15-25/h4-11,14-15,22,24,32H,1,12-13,16-20H2,2-3H3/t24-/m1/s1. The highest BCUT2D eigenvalue weighted by molar-refractivity contribution is 5.65. The number of ether oxygens (including phenoxy) is 2. The zero-order chi connectivity index (χ0) is 23.9.